The fourth-order valence-electron chi connectivity index (χ4n) is 2.48. The number of thioether (sulfide) groups is 1. The minimum atomic E-state index is -0.0782. The molecule has 0 spiro atoms. The molecule has 1 saturated heterocycles. The van der Waals surface area contributed by atoms with Crippen molar-refractivity contribution in [2.45, 2.75) is 18.6 Å². The molecule has 128 valence electrons. The van der Waals surface area contributed by atoms with E-state index >= 15 is 0 Å². The summed E-state index contributed by atoms with van der Waals surface area (Å²) in [6.45, 7) is 8.57. The van der Waals surface area contributed by atoms with E-state index in [9.17, 15) is 9.59 Å². The number of aromatic nitrogens is 2. The summed E-state index contributed by atoms with van der Waals surface area (Å²) in [5, 5.41) is 3.04. The van der Waals surface area contributed by atoms with Crippen molar-refractivity contribution in [2.24, 2.45) is 0 Å². The standard InChI is InChI=1S/C16H19N3O3S2/c1-11(2)9-19-15(21)12-3-8-23-14(12)17-16(19)24-10-13(20)18-4-6-22-7-5-18/h3,8H,1,4-7,9-10H2,2H3. The van der Waals surface area contributed by atoms with Gasteiger partial charge < -0.3 is 9.64 Å². The van der Waals surface area contributed by atoms with Crippen LogP contribution in [0.25, 0.3) is 10.2 Å². The first-order valence-electron chi connectivity index (χ1n) is 7.67. The number of thiophene rings is 1. The van der Waals surface area contributed by atoms with E-state index in [1.807, 2.05) is 12.3 Å². The maximum Gasteiger partial charge on any atom is 0.263 e. The van der Waals surface area contributed by atoms with Gasteiger partial charge in [0.25, 0.3) is 5.56 Å². The third kappa shape index (κ3) is 3.71. The summed E-state index contributed by atoms with van der Waals surface area (Å²) < 4.78 is 6.87. The molecular formula is C16H19N3O3S2. The van der Waals surface area contributed by atoms with Crippen LogP contribution in [0.4, 0.5) is 0 Å². The number of carbonyl (C=O) groups excluding carboxylic acids is 1. The Morgan fingerprint density at radius 3 is 2.92 bits per heavy atom. The summed E-state index contributed by atoms with van der Waals surface area (Å²) >= 11 is 2.74. The first kappa shape index (κ1) is 17.2. The molecule has 0 bridgehead atoms. The highest BCUT2D eigenvalue weighted by atomic mass is 32.2. The van der Waals surface area contributed by atoms with Crippen LogP contribution in [0, 0.1) is 0 Å². The van der Waals surface area contributed by atoms with Gasteiger partial charge in [-0.25, -0.2) is 4.98 Å². The minimum absolute atomic E-state index is 0.0469. The molecule has 24 heavy (non-hydrogen) atoms. The maximum atomic E-state index is 12.7. The Balaban J connectivity index is 1.83. The molecule has 0 N–H and O–H groups in total. The predicted octanol–water partition coefficient (Wildman–Crippen LogP) is 1.98. The van der Waals surface area contributed by atoms with Gasteiger partial charge >= 0.3 is 0 Å². The molecule has 1 fully saturated rings. The summed E-state index contributed by atoms with van der Waals surface area (Å²) in [5.74, 6) is 0.310. The second kappa shape index (κ2) is 7.50. The summed E-state index contributed by atoms with van der Waals surface area (Å²) in [6.07, 6.45) is 0. The monoisotopic (exact) mass is 365 g/mol. The van der Waals surface area contributed by atoms with Crippen LogP contribution < -0.4 is 5.56 Å². The number of amides is 1. The van der Waals surface area contributed by atoms with Gasteiger partial charge in [-0.15, -0.1) is 11.3 Å². The SMILES string of the molecule is C=C(C)Cn1c(SCC(=O)N2CCOCC2)nc2sccc2c1=O. The molecule has 1 aliphatic heterocycles. The van der Waals surface area contributed by atoms with Gasteiger partial charge in [-0.1, -0.05) is 23.9 Å². The number of allylic oxidation sites excluding steroid dienone is 1. The van der Waals surface area contributed by atoms with E-state index in [2.05, 4.69) is 11.6 Å². The smallest absolute Gasteiger partial charge is 0.263 e. The molecule has 6 nitrogen and oxygen atoms in total. The van der Waals surface area contributed by atoms with Crippen LogP contribution in [-0.4, -0.2) is 52.4 Å². The number of hydrogen-bond donors (Lipinski definition) is 0. The second-order valence-corrected chi connectivity index (χ2v) is 7.50. The predicted molar refractivity (Wildman–Crippen MR) is 96.8 cm³/mol. The van der Waals surface area contributed by atoms with Crippen LogP contribution in [0.3, 0.4) is 0 Å². The normalized spacial score (nSPS) is 15.0. The van der Waals surface area contributed by atoms with Crippen molar-refractivity contribution in [3.63, 3.8) is 0 Å². The lowest BCUT2D eigenvalue weighted by Crippen LogP contribution is -2.41. The molecule has 1 aliphatic rings. The van der Waals surface area contributed by atoms with Crippen LogP contribution >= 0.6 is 23.1 Å². The summed E-state index contributed by atoms with van der Waals surface area (Å²) in [6, 6.07) is 1.79. The number of rotatable bonds is 5. The number of hydrogen-bond acceptors (Lipinski definition) is 6. The highest BCUT2D eigenvalue weighted by Crippen LogP contribution is 2.22. The first-order chi connectivity index (χ1) is 11.6. The maximum absolute atomic E-state index is 12.7. The molecular weight excluding hydrogens is 346 g/mol. The molecule has 0 unspecified atom stereocenters. The molecule has 0 aliphatic carbocycles. The lowest BCUT2D eigenvalue weighted by molar-refractivity contribution is -0.132. The van der Waals surface area contributed by atoms with Crippen LogP contribution in [0.15, 0.2) is 33.5 Å². The Labute approximate surface area is 148 Å². The van der Waals surface area contributed by atoms with Crippen molar-refractivity contribution in [3.8, 4) is 0 Å². The molecule has 3 rings (SSSR count). The van der Waals surface area contributed by atoms with Gasteiger partial charge in [0.1, 0.15) is 4.83 Å². The summed E-state index contributed by atoms with van der Waals surface area (Å²) in [7, 11) is 0. The van der Waals surface area contributed by atoms with Crippen molar-refractivity contribution < 1.29 is 9.53 Å². The van der Waals surface area contributed by atoms with Crippen LogP contribution in [-0.2, 0) is 16.1 Å². The molecule has 0 saturated carbocycles. The molecule has 2 aromatic heterocycles. The Bertz CT molecular complexity index is 822. The minimum Gasteiger partial charge on any atom is -0.378 e. The van der Waals surface area contributed by atoms with Gasteiger partial charge in [0.2, 0.25) is 5.91 Å². The van der Waals surface area contributed by atoms with E-state index in [4.69, 9.17) is 4.74 Å². The van der Waals surface area contributed by atoms with Crippen molar-refractivity contribution >= 4 is 39.2 Å². The Hall–Kier alpha value is -1.64. The quantitative estimate of drug-likeness (QED) is 0.461. The molecule has 0 aromatic carbocycles. The first-order valence-corrected chi connectivity index (χ1v) is 9.53. The average Bonchev–Trinajstić information content (AvgIpc) is 3.05. The van der Waals surface area contributed by atoms with E-state index in [1.54, 1.807) is 15.5 Å². The highest BCUT2D eigenvalue weighted by Gasteiger charge is 2.19. The summed E-state index contributed by atoms with van der Waals surface area (Å²) in [4.78, 5) is 32.1. The van der Waals surface area contributed by atoms with Crippen molar-refractivity contribution in [3.05, 3.63) is 34.0 Å². The van der Waals surface area contributed by atoms with E-state index in [-0.39, 0.29) is 17.2 Å². The molecule has 0 radical (unpaired) electrons. The number of carbonyl (C=O) groups is 1. The zero-order valence-corrected chi connectivity index (χ0v) is 15.1. The number of nitrogens with zero attached hydrogens (tertiary/aromatic N) is 3. The Kier molecular flexibility index (Phi) is 5.37. The fraction of sp³-hybridized carbons (Fsp3) is 0.438. The molecule has 8 heteroatoms. The van der Waals surface area contributed by atoms with Gasteiger partial charge in [0.05, 0.1) is 24.4 Å². The van der Waals surface area contributed by atoms with Crippen LogP contribution in [0.5, 0.6) is 0 Å². The van der Waals surface area contributed by atoms with Crippen molar-refractivity contribution in [1.82, 2.24) is 14.5 Å². The number of fused-ring (bicyclic) bond motifs is 1. The van der Waals surface area contributed by atoms with E-state index in [1.165, 1.54) is 23.1 Å². The summed E-state index contributed by atoms with van der Waals surface area (Å²) in [5.41, 5.74) is 0.792. The van der Waals surface area contributed by atoms with E-state index < -0.39 is 0 Å². The Morgan fingerprint density at radius 2 is 2.21 bits per heavy atom. The van der Waals surface area contributed by atoms with Crippen molar-refractivity contribution in [1.29, 1.82) is 0 Å². The Morgan fingerprint density at radius 1 is 1.46 bits per heavy atom. The van der Waals surface area contributed by atoms with Crippen LogP contribution in [0.2, 0.25) is 0 Å². The molecule has 3 heterocycles. The van der Waals surface area contributed by atoms with E-state index in [0.717, 1.165) is 5.57 Å². The lowest BCUT2D eigenvalue weighted by atomic mass is 10.3. The largest absolute Gasteiger partial charge is 0.378 e. The van der Waals surface area contributed by atoms with Gasteiger partial charge in [-0.2, -0.15) is 0 Å². The van der Waals surface area contributed by atoms with E-state index in [0.29, 0.717) is 48.2 Å². The molecule has 2 aromatic rings. The molecule has 1 amide bonds. The number of ether oxygens (including phenoxy) is 1. The van der Waals surface area contributed by atoms with Gasteiger partial charge in [0.15, 0.2) is 5.16 Å². The highest BCUT2D eigenvalue weighted by molar-refractivity contribution is 7.99. The second-order valence-electron chi connectivity index (χ2n) is 5.66. The zero-order chi connectivity index (χ0) is 17.1. The zero-order valence-electron chi connectivity index (χ0n) is 13.5. The number of morpholine rings is 1. The average molecular weight is 365 g/mol. The topological polar surface area (TPSA) is 64.4 Å². The van der Waals surface area contributed by atoms with Crippen LogP contribution in [0.1, 0.15) is 6.92 Å². The van der Waals surface area contributed by atoms with Crippen molar-refractivity contribution in [2.75, 3.05) is 32.1 Å². The van der Waals surface area contributed by atoms with Gasteiger partial charge in [0, 0.05) is 19.6 Å². The van der Waals surface area contributed by atoms with Gasteiger partial charge in [-0.05, 0) is 18.4 Å². The molecule has 0 atom stereocenters. The lowest BCUT2D eigenvalue weighted by Gasteiger charge is -2.26. The third-order valence-electron chi connectivity index (χ3n) is 3.67. The third-order valence-corrected chi connectivity index (χ3v) is 5.43. The van der Waals surface area contributed by atoms with Gasteiger partial charge in [-0.3, -0.25) is 14.2 Å². The fourth-order valence-corrected chi connectivity index (χ4v) is 4.19.